The van der Waals surface area contributed by atoms with Crippen LogP contribution in [0.4, 0.5) is 5.69 Å². The van der Waals surface area contributed by atoms with Gasteiger partial charge in [0, 0.05) is 51.8 Å². The SMILES string of the molecule is CC(C)(C)CC(=O)Nc1cncc(-c2cnc3n[nH]c(-c4cc5c(-c6ccoc6)cccc5[nH]4)c3c2)c1. The van der Waals surface area contributed by atoms with Crippen molar-refractivity contribution in [2.75, 3.05) is 5.32 Å². The van der Waals surface area contributed by atoms with Gasteiger partial charge in [0.1, 0.15) is 0 Å². The van der Waals surface area contributed by atoms with Gasteiger partial charge in [0.05, 0.1) is 35.8 Å². The predicted molar refractivity (Wildman–Crippen MR) is 145 cm³/mol. The summed E-state index contributed by atoms with van der Waals surface area (Å²) in [4.78, 5) is 24.8. The summed E-state index contributed by atoms with van der Waals surface area (Å²) in [5, 5.41) is 12.5. The van der Waals surface area contributed by atoms with Gasteiger partial charge < -0.3 is 14.7 Å². The first-order chi connectivity index (χ1) is 17.8. The predicted octanol–water partition coefficient (Wildman–Crippen LogP) is 6.80. The number of amides is 1. The number of benzene rings is 1. The molecule has 0 radical (unpaired) electrons. The molecule has 0 fully saturated rings. The standard InChI is InChI=1S/C29H26N6O2/c1-29(2,3)12-26(36)32-20-9-18(13-30-15-20)19-10-23-27(34-35-28(23)31-14-19)25-11-22-21(17-7-8-37-16-17)5-4-6-24(22)33-25/h4-11,13-16,33H,12H2,1-3H3,(H,32,36)(H,31,34,35). The lowest BCUT2D eigenvalue weighted by Gasteiger charge is -2.17. The van der Waals surface area contributed by atoms with Crippen LogP contribution >= 0.6 is 0 Å². The van der Waals surface area contributed by atoms with Crippen LogP contribution in [0.25, 0.3) is 55.6 Å². The molecule has 5 aromatic heterocycles. The molecule has 8 heteroatoms. The molecule has 184 valence electrons. The molecule has 0 aliphatic heterocycles. The number of nitrogens with one attached hydrogen (secondary N) is 3. The van der Waals surface area contributed by atoms with Crippen LogP contribution in [0.2, 0.25) is 0 Å². The van der Waals surface area contributed by atoms with Crippen molar-refractivity contribution in [1.29, 1.82) is 0 Å². The second-order valence-electron chi connectivity index (χ2n) is 10.4. The molecule has 0 saturated heterocycles. The van der Waals surface area contributed by atoms with Gasteiger partial charge >= 0.3 is 0 Å². The van der Waals surface area contributed by atoms with Crippen molar-refractivity contribution < 1.29 is 9.21 Å². The van der Waals surface area contributed by atoms with Crippen molar-refractivity contribution in [3.8, 4) is 33.6 Å². The first-order valence-electron chi connectivity index (χ1n) is 12.1. The number of pyridine rings is 2. The van der Waals surface area contributed by atoms with Crippen LogP contribution in [0.15, 0.2) is 78.0 Å². The number of aromatic nitrogens is 5. The van der Waals surface area contributed by atoms with Gasteiger partial charge in [-0.05, 0) is 41.3 Å². The number of fused-ring (bicyclic) bond motifs is 2. The molecule has 5 heterocycles. The largest absolute Gasteiger partial charge is 0.472 e. The van der Waals surface area contributed by atoms with Gasteiger partial charge in [-0.2, -0.15) is 5.10 Å². The first-order valence-corrected chi connectivity index (χ1v) is 12.1. The van der Waals surface area contributed by atoms with Crippen molar-refractivity contribution >= 4 is 33.5 Å². The molecule has 3 N–H and O–H groups in total. The molecule has 37 heavy (non-hydrogen) atoms. The van der Waals surface area contributed by atoms with E-state index < -0.39 is 0 Å². The molecule has 6 rings (SSSR count). The summed E-state index contributed by atoms with van der Waals surface area (Å²) in [6, 6.07) is 14.2. The Morgan fingerprint density at radius 2 is 1.86 bits per heavy atom. The molecule has 0 aliphatic rings. The number of furan rings is 1. The van der Waals surface area contributed by atoms with Gasteiger partial charge in [-0.15, -0.1) is 0 Å². The molecule has 0 atom stereocenters. The molecular weight excluding hydrogens is 464 g/mol. The van der Waals surface area contributed by atoms with Crippen LogP contribution in [0, 0.1) is 5.41 Å². The van der Waals surface area contributed by atoms with Crippen molar-refractivity contribution in [3.63, 3.8) is 0 Å². The van der Waals surface area contributed by atoms with Crippen molar-refractivity contribution in [2.45, 2.75) is 27.2 Å². The number of carbonyl (C=O) groups is 1. The van der Waals surface area contributed by atoms with Gasteiger partial charge in [0.2, 0.25) is 5.91 Å². The highest BCUT2D eigenvalue weighted by atomic mass is 16.3. The lowest BCUT2D eigenvalue weighted by atomic mass is 9.92. The zero-order chi connectivity index (χ0) is 25.6. The van der Waals surface area contributed by atoms with Crippen LogP contribution in [-0.2, 0) is 4.79 Å². The fourth-order valence-corrected chi connectivity index (χ4v) is 4.58. The number of hydrogen-bond donors (Lipinski definition) is 3. The van der Waals surface area contributed by atoms with Gasteiger partial charge in [-0.1, -0.05) is 32.9 Å². The third-order valence-electron chi connectivity index (χ3n) is 6.22. The van der Waals surface area contributed by atoms with E-state index in [2.05, 4.69) is 48.7 Å². The van der Waals surface area contributed by atoms with E-state index in [1.54, 1.807) is 31.1 Å². The van der Waals surface area contributed by atoms with E-state index in [0.717, 1.165) is 49.9 Å². The van der Waals surface area contributed by atoms with Crippen LogP contribution in [-0.4, -0.2) is 31.1 Å². The van der Waals surface area contributed by atoms with Crippen LogP contribution in [0.5, 0.6) is 0 Å². The maximum Gasteiger partial charge on any atom is 0.224 e. The summed E-state index contributed by atoms with van der Waals surface area (Å²) in [5.41, 5.74) is 7.81. The number of carbonyl (C=O) groups excluding carboxylic acids is 1. The summed E-state index contributed by atoms with van der Waals surface area (Å²) in [6.07, 6.45) is 9.04. The van der Waals surface area contributed by atoms with Crippen molar-refractivity contribution in [2.24, 2.45) is 5.41 Å². The first kappa shape index (κ1) is 22.7. The summed E-state index contributed by atoms with van der Waals surface area (Å²) in [7, 11) is 0. The van der Waals surface area contributed by atoms with Crippen LogP contribution < -0.4 is 5.32 Å². The average molecular weight is 491 g/mol. The van der Waals surface area contributed by atoms with E-state index in [-0.39, 0.29) is 11.3 Å². The topological polar surface area (TPSA) is 112 Å². The molecule has 8 nitrogen and oxygen atoms in total. The second-order valence-corrected chi connectivity index (χ2v) is 10.4. The minimum Gasteiger partial charge on any atom is -0.472 e. The van der Waals surface area contributed by atoms with Gasteiger partial charge in [-0.25, -0.2) is 4.98 Å². The summed E-state index contributed by atoms with van der Waals surface area (Å²) < 4.78 is 5.30. The van der Waals surface area contributed by atoms with Crippen LogP contribution in [0.3, 0.4) is 0 Å². The highest BCUT2D eigenvalue weighted by Crippen LogP contribution is 2.35. The Balaban J connectivity index is 1.36. The Morgan fingerprint density at radius 3 is 2.68 bits per heavy atom. The average Bonchev–Trinajstić information content (AvgIpc) is 3.61. The zero-order valence-corrected chi connectivity index (χ0v) is 20.8. The maximum absolute atomic E-state index is 12.4. The van der Waals surface area contributed by atoms with E-state index in [4.69, 9.17) is 4.42 Å². The molecule has 0 bridgehead atoms. The van der Waals surface area contributed by atoms with E-state index in [9.17, 15) is 4.79 Å². The van der Waals surface area contributed by atoms with E-state index in [0.29, 0.717) is 17.8 Å². The summed E-state index contributed by atoms with van der Waals surface area (Å²) >= 11 is 0. The molecule has 0 unspecified atom stereocenters. The third-order valence-corrected chi connectivity index (χ3v) is 6.22. The van der Waals surface area contributed by atoms with Gasteiger partial charge in [0.25, 0.3) is 0 Å². The lowest BCUT2D eigenvalue weighted by Crippen LogP contribution is -2.19. The smallest absolute Gasteiger partial charge is 0.224 e. The number of aromatic amines is 2. The number of rotatable bonds is 5. The highest BCUT2D eigenvalue weighted by Gasteiger charge is 2.17. The molecule has 0 aliphatic carbocycles. The minimum atomic E-state index is -0.0936. The summed E-state index contributed by atoms with van der Waals surface area (Å²) in [6.45, 7) is 6.11. The molecule has 0 saturated carbocycles. The minimum absolute atomic E-state index is 0.0363. The fraction of sp³-hybridized carbons (Fsp3) is 0.172. The van der Waals surface area contributed by atoms with Gasteiger partial charge in [-0.3, -0.25) is 14.9 Å². The normalized spacial score (nSPS) is 11.9. The van der Waals surface area contributed by atoms with E-state index in [1.165, 1.54) is 0 Å². The third kappa shape index (κ3) is 4.49. The Labute approximate surface area is 213 Å². The Morgan fingerprint density at radius 1 is 1.00 bits per heavy atom. The monoisotopic (exact) mass is 490 g/mol. The van der Waals surface area contributed by atoms with E-state index in [1.807, 2.05) is 45.0 Å². The Kier molecular flexibility index (Phi) is 5.37. The quantitative estimate of drug-likeness (QED) is 0.246. The van der Waals surface area contributed by atoms with Crippen molar-refractivity contribution in [1.82, 2.24) is 25.1 Å². The maximum atomic E-state index is 12.4. The van der Waals surface area contributed by atoms with E-state index >= 15 is 0 Å². The molecule has 1 aromatic carbocycles. The highest BCUT2D eigenvalue weighted by molar-refractivity contribution is 6.01. The summed E-state index contributed by atoms with van der Waals surface area (Å²) in [5.74, 6) is -0.0363. The number of anilines is 1. The molecule has 1 amide bonds. The zero-order valence-electron chi connectivity index (χ0n) is 20.8. The van der Waals surface area contributed by atoms with Gasteiger partial charge in [0.15, 0.2) is 5.65 Å². The molecular formula is C29H26N6O2. The molecule has 0 spiro atoms. The Hall–Kier alpha value is -4.72. The Bertz CT molecular complexity index is 1740. The second kappa shape index (κ2) is 8.74. The number of hydrogen-bond acceptors (Lipinski definition) is 5. The number of nitrogens with zero attached hydrogens (tertiary/aromatic N) is 3. The fourth-order valence-electron chi connectivity index (χ4n) is 4.58. The lowest BCUT2D eigenvalue weighted by molar-refractivity contribution is -0.117. The molecule has 6 aromatic rings. The number of H-pyrrole nitrogens is 2. The van der Waals surface area contributed by atoms with Crippen LogP contribution in [0.1, 0.15) is 27.2 Å². The van der Waals surface area contributed by atoms with Crippen molar-refractivity contribution in [3.05, 3.63) is 73.6 Å².